The molecular formula is C135H84N12Si3. The van der Waals surface area contributed by atoms with Gasteiger partial charge in [0.2, 0.25) is 17.1 Å². The van der Waals surface area contributed by atoms with Gasteiger partial charge in [0.05, 0.1) is 129 Å². The average Bonchev–Trinajstić information content (AvgIpc) is 0.783. The first-order valence-corrected chi connectivity index (χ1v) is 55.0. The van der Waals surface area contributed by atoms with Crippen LogP contribution < -0.4 is 62.2 Å². The van der Waals surface area contributed by atoms with Crippen molar-refractivity contribution in [2.24, 2.45) is 0 Å². The lowest BCUT2D eigenvalue weighted by atomic mass is 9.98. The first-order chi connectivity index (χ1) is 74.0. The second-order valence-corrected chi connectivity index (χ2v) is 48.1. The fraction of sp³-hybridized carbons (Fsp3) is 0. The Kier molecular flexibility index (Phi) is 25.6. The summed E-state index contributed by atoms with van der Waals surface area (Å²) in [5.74, 6) is 0. The van der Waals surface area contributed by atoms with Gasteiger partial charge in [0.1, 0.15) is 0 Å². The maximum Gasteiger partial charge on any atom is 0.211 e. The summed E-state index contributed by atoms with van der Waals surface area (Å²) < 4.78 is 6.26. The smallest absolute Gasteiger partial charge is 0.211 e. The van der Waals surface area contributed by atoms with E-state index in [4.69, 9.17) is 26.3 Å². The van der Waals surface area contributed by atoms with Crippen molar-refractivity contribution in [3.8, 4) is 80.8 Å². The summed E-state index contributed by atoms with van der Waals surface area (Å²) >= 11 is 0. The lowest BCUT2D eigenvalue weighted by Gasteiger charge is -2.35. The Labute approximate surface area is 872 Å². The molecule has 0 aliphatic rings. The highest BCUT2D eigenvalue weighted by Crippen LogP contribution is 2.45. The summed E-state index contributed by atoms with van der Waals surface area (Å²) in [6.07, 6.45) is 0. The molecule has 0 aliphatic heterocycles. The van der Waals surface area contributed by atoms with Crippen LogP contribution in [0.15, 0.2) is 510 Å². The van der Waals surface area contributed by atoms with E-state index in [1.54, 1.807) is 12.1 Å². The Hall–Kier alpha value is -20.9. The van der Waals surface area contributed by atoms with Gasteiger partial charge in [-0.1, -0.05) is 400 Å². The van der Waals surface area contributed by atoms with E-state index in [-0.39, 0.29) is 0 Å². The summed E-state index contributed by atoms with van der Waals surface area (Å²) in [4.78, 5) is 15.8. The SMILES string of the molecule is [C-]#[N+]c1cc(-c2ccc([Si](c3ccccc3)(c3ccccc3)c3ccccc3)cc2)c(C#N)cc1-n1c2ccccc2c2cc(C#N)ccc21.[C-]#[N+]c1cc(-n2c3ccccc3c3cc(C#N)ccc32)cc(-c2ccc([Si](c3ccccc3)(c3ccccc3)c3ccccc3)cc2)c1C#N.[C-]#[N+]c1ccc([Si](c2ccccc2)(c2ccccc2)c2ccccc2)cc1-c1ccc(-n2c3ccccc3c3cc(C#N)ccc32)c([N+]#[C-])c1. The predicted molar refractivity (Wildman–Crippen MR) is 618 cm³/mol. The van der Waals surface area contributed by atoms with Crippen molar-refractivity contribution >= 4 is 175 Å². The molecule has 0 aliphatic carbocycles. The standard InChI is InChI=1S/3C45H28N4Si/c1-47-41-25-24-37(50(34-14-6-3-7-15-34,35-16-8-4-9-17-35)36-18-10-5-11-19-36)30-39(41)33-23-27-45(42(29-33)48-2)49-43-21-13-12-20-38(43)40-28-32(31-46)22-26-44(40)49;1-48-42-29-40(34(31-47)28-45(42)49-43-20-12-11-19-39(43)41-27-32(30-46)21-26-44(41)49)33-22-24-38(25-23-33)50(35-13-5-2-6-14-35,36-15-7-3-8-16-36)37-17-9-4-10-18-37;1-48-43-29-34(49-44-20-12-11-19-39(44)41-27-32(30-46)21-26-45(41)49)28-40(42(43)31-47)33-22-24-38(25-23-33)50(35-13-5-2-6-14-35,36-15-7-3-8-16-36)37-17-9-4-10-18-37/h3-30H;2*2-29H. The zero-order valence-corrected chi connectivity index (χ0v) is 83.9. The third-order valence-electron chi connectivity index (χ3n) is 28.9. The zero-order valence-electron chi connectivity index (χ0n) is 80.9. The van der Waals surface area contributed by atoms with Crippen LogP contribution in [0.5, 0.6) is 0 Å². The van der Waals surface area contributed by atoms with E-state index in [1.165, 1.54) is 57.1 Å². The fourth-order valence-corrected chi connectivity index (χ4v) is 36.6. The number of nitriles is 5. The molecule has 12 nitrogen and oxygen atoms in total. The second-order valence-electron chi connectivity index (χ2n) is 36.7. The Morgan fingerprint density at radius 3 is 0.827 bits per heavy atom. The molecule has 21 aromatic carbocycles. The molecule has 24 rings (SSSR count). The zero-order chi connectivity index (χ0) is 102. The fourth-order valence-electron chi connectivity index (χ4n) is 22.3. The van der Waals surface area contributed by atoms with E-state index in [2.05, 4.69) is 405 Å². The van der Waals surface area contributed by atoms with Crippen LogP contribution in [0.3, 0.4) is 0 Å². The Bertz CT molecular complexity index is 9500. The summed E-state index contributed by atoms with van der Waals surface area (Å²) in [5, 5.41) is 70.7. The van der Waals surface area contributed by atoms with Crippen molar-refractivity contribution in [2.45, 2.75) is 0 Å². The number of fused-ring (bicyclic) bond motifs is 9. The molecule has 0 saturated heterocycles. The second kappa shape index (κ2) is 40.8. The Balaban J connectivity index is 0.000000127. The number of hydrogen-bond donors (Lipinski definition) is 0. The van der Waals surface area contributed by atoms with Crippen molar-refractivity contribution in [3.05, 3.63) is 583 Å². The third-order valence-corrected chi connectivity index (χ3v) is 43.3. The molecular weight excluding hydrogens is 1870 g/mol. The van der Waals surface area contributed by atoms with Crippen LogP contribution in [0, 0.1) is 82.9 Å². The lowest BCUT2D eigenvalue weighted by molar-refractivity contribution is 1.18. The number of nitrogens with zero attached hydrogens (tertiary/aromatic N) is 12. The highest BCUT2D eigenvalue weighted by atomic mass is 28.3. The molecule has 0 unspecified atom stereocenters. The van der Waals surface area contributed by atoms with Crippen LogP contribution >= 0.6 is 0 Å². The van der Waals surface area contributed by atoms with Crippen LogP contribution in [0.25, 0.3) is 135 Å². The monoisotopic (exact) mass is 1960 g/mol. The first-order valence-electron chi connectivity index (χ1n) is 49.0. The molecule has 0 fully saturated rings. The largest absolute Gasteiger partial charge is 0.319 e. The van der Waals surface area contributed by atoms with Crippen molar-refractivity contribution in [1.29, 1.82) is 26.3 Å². The van der Waals surface area contributed by atoms with Crippen LogP contribution in [0.1, 0.15) is 27.8 Å². The normalized spacial score (nSPS) is 11.1. The highest BCUT2D eigenvalue weighted by molar-refractivity contribution is 7.21. The van der Waals surface area contributed by atoms with Crippen molar-refractivity contribution in [1.82, 2.24) is 13.7 Å². The molecule has 696 valence electrons. The minimum atomic E-state index is -2.84. The van der Waals surface area contributed by atoms with E-state index < -0.39 is 24.2 Å². The molecule has 3 heterocycles. The van der Waals surface area contributed by atoms with E-state index in [9.17, 15) is 26.3 Å². The van der Waals surface area contributed by atoms with E-state index >= 15 is 0 Å². The van der Waals surface area contributed by atoms with Gasteiger partial charge in [0.15, 0.2) is 29.9 Å². The van der Waals surface area contributed by atoms with Crippen LogP contribution in [0.2, 0.25) is 0 Å². The van der Waals surface area contributed by atoms with Gasteiger partial charge in [0, 0.05) is 38.0 Å². The summed E-state index contributed by atoms with van der Waals surface area (Å²) in [6.45, 7) is 32.8. The quantitative estimate of drug-likeness (QED) is 0.0476. The average molecular weight is 1960 g/mol. The van der Waals surface area contributed by atoms with E-state index in [1.807, 2.05) is 156 Å². The van der Waals surface area contributed by atoms with Crippen molar-refractivity contribution in [2.75, 3.05) is 0 Å². The Morgan fingerprint density at radius 1 is 0.187 bits per heavy atom. The predicted octanol–water partition coefficient (Wildman–Crippen LogP) is 25.0. The van der Waals surface area contributed by atoms with Gasteiger partial charge in [-0.3, -0.25) is 0 Å². The van der Waals surface area contributed by atoms with Gasteiger partial charge in [-0.2, -0.15) is 26.3 Å². The topological polar surface area (TPSA) is 151 Å². The molecule has 0 saturated carbocycles. The molecule has 3 aromatic heterocycles. The van der Waals surface area contributed by atoms with Crippen molar-refractivity contribution < 1.29 is 0 Å². The lowest BCUT2D eigenvalue weighted by Crippen LogP contribution is -2.74. The third kappa shape index (κ3) is 16.4. The highest BCUT2D eigenvalue weighted by Gasteiger charge is 2.45. The van der Waals surface area contributed by atoms with Crippen LogP contribution in [-0.2, 0) is 0 Å². The number of benzene rings is 21. The molecule has 15 heteroatoms. The van der Waals surface area contributed by atoms with Gasteiger partial charge in [-0.25, -0.2) is 19.4 Å². The molecule has 0 N–H and O–H groups in total. The molecule has 0 atom stereocenters. The van der Waals surface area contributed by atoms with Crippen molar-refractivity contribution in [3.63, 3.8) is 0 Å². The van der Waals surface area contributed by atoms with E-state index in [0.717, 1.165) is 104 Å². The summed E-state index contributed by atoms with van der Waals surface area (Å²) in [7, 11) is -8.27. The van der Waals surface area contributed by atoms with Gasteiger partial charge in [-0.05, 0) is 205 Å². The number of para-hydroxylation sites is 3. The van der Waals surface area contributed by atoms with Gasteiger partial charge in [0.25, 0.3) is 0 Å². The summed E-state index contributed by atoms with van der Waals surface area (Å²) in [6, 6.07) is 186. The molecule has 150 heavy (non-hydrogen) atoms. The van der Waals surface area contributed by atoms with Gasteiger partial charge >= 0.3 is 0 Å². The first kappa shape index (κ1) is 94.0. The molecule has 0 amide bonds. The minimum Gasteiger partial charge on any atom is -0.319 e. The number of hydrogen-bond acceptors (Lipinski definition) is 5. The molecule has 0 bridgehead atoms. The van der Waals surface area contributed by atoms with Crippen LogP contribution in [-0.4, -0.2) is 37.9 Å². The number of rotatable bonds is 18. The maximum atomic E-state index is 10.5. The van der Waals surface area contributed by atoms with E-state index in [0.29, 0.717) is 67.4 Å². The Morgan fingerprint density at radius 2 is 0.480 bits per heavy atom. The minimum absolute atomic E-state index is 0.297. The molecule has 24 aromatic rings. The number of aromatic nitrogens is 3. The summed E-state index contributed by atoms with van der Waals surface area (Å²) in [5.41, 5.74) is 16.8. The molecule has 0 spiro atoms. The van der Waals surface area contributed by atoms with Gasteiger partial charge < -0.3 is 13.7 Å². The maximum absolute atomic E-state index is 10.5. The van der Waals surface area contributed by atoms with Crippen LogP contribution in [0.4, 0.5) is 22.7 Å². The van der Waals surface area contributed by atoms with Gasteiger partial charge in [-0.15, -0.1) is 0 Å². The molecule has 0 radical (unpaired) electrons.